The minimum atomic E-state index is -0.176. The number of carbonyl (C=O) groups is 1. The maximum atomic E-state index is 12.3. The van der Waals surface area contributed by atoms with Gasteiger partial charge in [0.15, 0.2) is 0 Å². The standard InChI is InChI=1S/C18H26N6O2/c1-11-8-15(22-26-11)9-19-14-6-7-24(10-14)17-12(2)13(3)20-16(21-17)18(25)23(4)5/h8,14,19H,6-7,9-10H2,1-5H3/t14-/m1/s1. The van der Waals surface area contributed by atoms with E-state index in [1.165, 1.54) is 4.90 Å². The van der Waals surface area contributed by atoms with Gasteiger partial charge in [-0.1, -0.05) is 5.16 Å². The smallest absolute Gasteiger partial charge is 0.291 e. The van der Waals surface area contributed by atoms with E-state index in [0.29, 0.717) is 12.6 Å². The number of carbonyl (C=O) groups excluding carboxylic acids is 1. The van der Waals surface area contributed by atoms with Crippen LogP contribution in [0.5, 0.6) is 0 Å². The molecule has 0 radical (unpaired) electrons. The Hall–Kier alpha value is -2.48. The molecule has 0 unspecified atom stereocenters. The molecule has 2 aromatic heterocycles. The Labute approximate surface area is 153 Å². The molecule has 1 atom stereocenters. The second-order valence-corrected chi connectivity index (χ2v) is 7.02. The van der Waals surface area contributed by atoms with E-state index in [-0.39, 0.29) is 11.7 Å². The molecule has 3 rings (SSSR count). The molecule has 26 heavy (non-hydrogen) atoms. The number of hydrogen-bond acceptors (Lipinski definition) is 7. The van der Waals surface area contributed by atoms with Crippen molar-refractivity contribution in [3.63, 3.8) is 0 Å². The number of rotatable bonds is 5. The van der Waals surface area contributed by atoms with Gasteiger partial charge in [-0.2, -0.15) is 0 Å². The second-order valence-electron chi connectivity index (χ2n) is 7.02. The molecular weight excluding hydrogens is 332 g/mol. The van der Waals surface area contributed by atoms with Gasteiger partial charge in [-0.3, -0.25) is 4.79 Å². The summed E-state index contributed by atoms with van der Waals surface area (Å²) in [6.45, 7) is 8.23. The lowest BCUT2D eigenvalue weighted by Gasteiger charge is -2.22. The molecule has 1 N–H and O–H groups in total. The molecule has 0 aromatic carbocycles. The average Bonchev–Trinajstić information content (AvgIpc) is 3.23. The fourth-order valence-electron chi connectivity index (χ4n) is 3.09. The minimum Gasteiger partial charge on any atom is -0.361 e. The number of aryl methyl sites for hydroxylation is 2. The Morgan fingerprint density at radius 2 is 2.12 bits per heavy atom. The molecule has 0 spiro atoms. The number of nitrogens with one attached hydrogen (secondary N) is 1. The zero-order chi connectivity index (χ0) is 18.8. The maximum Gasteiger partial charge on any atom is 0.291 e. The molecule has 0 aliphatic carbocycles. The Morgan fingerprint density at radius 3 is 2.77 bits per heavy atom. The van der Waals surface area contributed by atoms with Crippen LogP contribution < -0.4 is 10.2 Å². The van der Waals surface area contributed by atoms with E-state index >= 15 is 0 Å². The predicted molar refractivity (Wildman–Crippen MR) is 98.2 cm³/mol. The normalized spacial score (nSPS) is 17.0. The Morgan fingerprint density at radius 1 is 1.35 bits per heavy atom. The molecule has 1 amide bonds. The van der Waals surface area contributed by atoms with Crippen LogP contribution in [0.15, 0.2) is 10.6 Å². The van der Waals surface area contributed by atoms with Crippen molar-refractivity contribution in [2.75, 3.05) is 32.1 Å². The molecule has 1 fully saturated rings. The number of anilines is 1. The van der Waals surface area contributed by atoms with Crippen molar-refractivity contribution in [1.29, 1.82) is 0 Å². The summed E-state index contributed by atoms with van der Waals surface area (Å²) in [7, 11) is 3.42. The van der Waals surface area contributed by atoms with Crippen LogP contribution in [0.3, 0.4) is 0 Å². The average molecular weight is 358 g/mol. The van der Waals surface area contributed by atoms with Gasteiger partial charge in [-0.05, 0) is 27.2 Å². The van der Waals surface area contributed by atoms with Crippen LogP contribution in [0.25, 0.3) is 0 Å². The van der Waals surface area contributed by atoms with Crippen molar-refractivity contribution in [1.82, 2.24) is 25.3 Å². The number of amides is 1. The topological polar surface area (TPSA) is 87.4 Å². The molecule has 1 saturated heterocycles. The van der Waals surface area contributed by atoms with E-state index in [9.17, 15) is 4.79 Å². The van der Waals surface area contributed by atoms with Gasteiger partial charge in [-0.25, -0.2) is 9.97 Å². The highest BCUT2D eigenvalue weighted by molar-refractivity contribution is 5.90. The number of nitrogens with zero attached hydrogens (tertiary/aromatic N) is 5. The van der Waals surface area contributed by atoms with Gasteiger partial charge in [0.1, 0.15) is 11.6 Å². The summed E-state index contributed by atoms with van der Waals surface area (Å²) in [6, 6.07) is 2.28. The van der Waals surface area contributed by atoms with E-state index < -0.39 is 0 Å². The highest BCUT2D eigenvalue weighted by Crippen LogP contribution is 2.24. The first-order chi connectivity index (χ1) is 12.3. The minimum absolute atomic E-state index is 0.176. The Balaban J connectivity index is 1.70. The molecule has 140 valence electrons. The first-order valence-electron chi connectivity index (χ1n) is 8.82. The zero-order valence-corrected chi connectivity index (χ0v) is 16.0. The summed E-state index contributed by atoms with van der Waals surface area (Å²) in [5, 5.41) is 7.53. The summed E-state index contributed by atoms with van der Waals surface area (Å²) in [5.74, 6) is 1.75. The van der Waals surface area contributed by atoms with Crippen LogP contribution in [-0.2, 0) is 6.54 Å². The SMILES string of the molecule is Cc1cc(CN[C@@H]2CCN(c3nc(C(=O)N(C)C)nc(C)c3C)C2)no1. The van der Waals surface area contributed by atoms with Crippen molar-refractivity contribution in [3.05, 3.63) is 34.6 Å². The van der Waals surface area contributed by atoms with E-state index in [0.717, 1.165) is 48.0 Å². The fraction of sp³-hybridized carbons (Fsp3) is 0.556. The van der Waals surface area contributed by atoms with Crippen molar-refractivity contribution >= 4 is 11.7 Å². The van der Waals surface area contributed by atoms with Gasteiger partial charge in [-0.15, -0.1) is 0 Å². The lowest BCUT2D eigenvalue weighted by Crippen LogP contribution is -2.33. The van der Waals surface area contributed by atoms with E-state index in [4.69, 9.17) is 4.52 Å². The van der Waals surface area contributed by atoms with Crippen LogP contribution in [0.1, 0.15) is 39.8 Å². The number of aromatic nitrogens is 3. The van der Waals surface area contributed by atoms with Gasteiger partial charge in [0, 0.05) is 57.1 Å². The van der Waals surface area contributed by atoms with Gasteiger partial charge in [0.05, 0.1) is 5.69 Å². The third kappa shape index (κ3) is 3.85. The van der Waals surface area contributed by atoms with Crippen LogP contribution in [0, 0.1) is 20.8 Å². The third-order valence-electron chi connectivity index (χ3n) is 4.70. The number of hydrogen-bond donors (Lipinski definition) is 1. The van der Waals surface area contributed by atoms with Gasteiger partial charge in [0.2, 0.25) is 5.82 Å². The second kappa shape index (κ2) is 7.41. The summed E-state index contributed by atoms with van der Waals surface area (Å²) in [6.07, 6.45) is 1.01. The predicted octanol–water partition coefficient (Wildman–Crippen LogP) is 1.46. The Bertz CT molecular complexity index is 801. The highest BCUT2D eigenvalue weighted by Gasteiger charge is 2.26. The molecule has 3 heterocycles. The van der Waals surface area contributed by atoms with Crippen molar-refractivity contribution in [2.24, 2.45) is 0 Å². The largest absolute Gasteiger partial charge is 0.361 e. The van der Waals surface area contributed by atoms with Crippen molar-refractivity contribution in [2.45, 2.75) is 39.8 Å². The molecule has 0 saturated carbocycles. The van der Waals surface area contributed by atoms with Gasteiger partial charge < -0.3 is 19.6 Å². The molecule has 8 heteroatoms. The summed E-state index contributed by atoms with van der Waals surface area (Å²) < 4.78 is 5.10. The zero-order valence-electron chi connectivity index (χ0n) is 16.0. The molecular formula is C18H26N6O2. The van der Waals surface area contributed by atoms with Gasteiger partial charge in [0.25, 0.3) is 5.91 Å². The third-order valence-corrected chi connectivity index (χ3v) is 4.70. The fourth-order valence-corrected chi connectivity index (χ4v) is 3.09. The molecule has 1 aliphatic rings. The molecule has 0 bridgehead atoms. The quantitative estimate of drug-likeness (QED) is 0.866. The van der Waals surface area contributed by atoms with Crippen molar-refractivity contribution < 1.29 is 9.32 Å². The highest BCUT2D eigenvalue weighted by atomic mass is 16.5. The lowest BCUT2D eigenvalue weighted by atomic mass is 10.2. The summed E-state index contributed by atoms with van der Waals surface area (Å²) in [4.78, 5) is 24.9. The van der Waals surface area contributed by atoms with Crippen LogP contribution in [-0.4, -0.2) is 59.2 Å². The monoisotopic (exact) mass is 358 g/mol. The van der Waals surface area contributed by atoms with Crippen LogP contribution in [0.4, 0.5) is 5.82 Å². The maximum absolute atomic E-state index is 12.3. The first kappa shape index (κ1) is 18.3. The van der Waals surface area contributed by atoms with Crippen LogP contribution in [0.2, 0.25) is 0 Å². The lowest BCUT2D eigenvalue weighted by molar-refractivity contribution is 0.0815. The molecule has 8 nitrogen and oxygen atoms in total. The summed E-state index contributed by atoms with van der Waals surface area (Å²) >= 11 is 0. The van der Waals surface area contributed by atoms with Crippen LogP contribution >= 0.6 is 0 Å². The summed E-state index contributed by atoms with van der Waals surface area (Å²) in [5.41, 5.74) is 2.77. The van der Waals surface area contributed by atoms with E-state index in [1.807, 2.05) is 26.8 Å². The first-order valence-corrected chi connectivity index (χ1v) is 8.82. The van der Waals surface area contributed by atoms with E-state index in [2.05, 4.69) is 25.3 Å². The van der Waals surface area contributed by atoms with E-state index in [1.54, 1.807) is 14.1 Å². The van der Waals surface area contributed by atoms with Gasteiger partial charge >= 0.3 is 0 Å². The van der Waals surface area contributed by atoms with Crippen molar-refractivity contribution in [3.8, 4) is 0 Å². The Kier molecular flexibility index (Phi) is 5.22. The molecule has 2 aromatic rings. The molecule has 1 aliphatic heterocycles.